The number of hydrogen-bond acceptors (Lipinski definition) is 3. The zero-order valence-electron chi connectivity index (χ0n) is 9.00. The van der Waals surface area contributed by atoms with Gasteiger partial charge >= 0.3 is 0 Å². The Morgan fingerprint density at radius 2 is 2.31 bits per heavy atom. The van der Waals surface area contributed by atoms with Crippen LogP contribution in [0.1, 0.15) is 24.0 Å². The van der Waals surface area contributed by atoms with Gasteiger partial charge in [-0.25, -0.2) is 4.79 Å². The molecule has 1 fully saturated rings. The van der Waals surface area contributed by atoms with Crippen molar-refractivity contribution < 1.29 is 9.53 Å². The van der Waals surface area contributed by atoms with E-state index >= 15 is 0 Å². The third kappa shape index (κ3) is 1.96. The number of aliphatic imine (C=N–C) groups is 1. The Labute approximate surface area is 103 Å². The fourth-order valence-corrected chi connectivity index (χ4v) is 2.77. The molecule has 0 heterocycles. The van der Waals surface area contributed by atoms with E-state index in [0.29, 0.717) is 6.61 Å². The lowest BCUT2D eigenvalue weighted by Gasteiger charge is -2.15. The van der Waals surface area contributed by atoms with Crippen LogP contribution in [0, 0.1) is 0 Å². The molecule has 0 aliphatic heterocycles. The maximum Gasteiger partial charge on any atom is 0.235 e. The van der Waals surface area contributed by atoms with Gasteiger partial charge in [0, 0.05) is 17.1 Å². The Kier molecular flexibility index (Phi) is 3.24. The molecular formula is C12H12BrNO2. The highest BCUT2D eigenvalue weighted by molar-refractivity contribution is 9.10. The van der Waals surface area contributed by atoms with Gasteiger partial charge in [0.1, 0.15) is 0 Å². The normalized spacial score (nSPS) is 16.6. The number of methoxy groups -OCH3 is 1. The van der Waals surface area contributed by atoms with Crippen molar-refractivity contribution in [3.05, 3.63) is 33.8 Å². The van der Waals surface area contributed by atoms with Crippen LogP contribution >= 0.6 is 15.9 Å². The number of rotatable bonds is 4. The molecule has 0 unspecified atom stereocenters. The van der Waals surface area contributed by atoms with Gasteiger partial charge in [0.15, 0.2) is 0 Å². The maximum atomic E-state index is 10.5. The van der Waals surface area contributed by atoms with Crippen LogP contribution in [-0.2, 0) is 21.7 Å². The molecular weight excluding hydrogens is 270 g/mol. The van der Waals surface area contributed by atoms with Gasteiger partial charge in [-0.3, -0.25) is 0 Å². The number of carbonyl (C=O) groups excluding carboxylic acids is 1. The first-order valence-electron chi connectivity index (χ1n) is 5.09. The minimum atomic E-state index is -0.351. The zero-order valence-corrected chi connectivity index (χ0v) is 10.6. The fourth-order valence-electron chi connectivity index (χ4n) is 1.99. The second kappa shape index (κ2) is 4.50. The number of benzene rings is 1. The first-order valence-corrected chi connectivity index (χ1v) is 5.88. The number of hydrogen-bond donors (Lipinski definition) is 0. The molecule has 3 nitrogen and oxygen atoms in total. The van der Waals surface area contributed by atoms with E-state index in [9.17, 15) is 4.79 Å². The van der Waals surface area contributed by atoms with E-state index in [-0.39, 0.29) is 5.54 Å². The molecule has 0 N–H and O–H groups in total. The van der Waals surface area contributed by atoms with Crippen LogP contribution in [-0.4, -0.2) is 13.2 Å². The maximum absolute atomic E-state index is 10.5. The summed E-state index contributed by atoms with van der Waals surface area (Å²) in [6.45, 7) is 0.533. The van der Waals surface area contributed by atoms with Crippen LogP contribution in [0.5, 0.6) is 0 Å². The summed E-state index contributed by atoms with van der Waals surface area (Å²) >= 11 is 3.52. The Morgan fingerprint density at radius 3 is 2.88 bits per heavy atom. The van der Waals surface area contributed by atoms with Crippen molar-refractivity contribution in [1.29, 1.82) is 0 Å². The smallest absolute Gasteiger partial charge is 0.235 e. The van der Waals surface area contributed by atoms with E-state index in [1.165, 1.54) is 0 Å². The van der Waals surface area contributed by atoms with Crippen LogP contribution in [0.25, 0.3) is 0 Å². The van der Waals surface area contributed by atoms with Gasteiger partial charge in [0.2, 0.25) is 6.08 Å². The number of halogens is 1. The standard InChI is InChI=1S/C12H12BrNO2/c1-16-7-9-3-2-4-10(13)11(9)12(5-6-12)14-8-15/h2-4H,5-7H2,1H3. The van der Waals surface area contributed by atoms with Gasteiger partial charge in [-0.15, -0.1) is 0 Å². The largest absolute Gasteiger partial charge is 0.380 e. The molecule has 2 rings (SSSR count). The third-order valence-corrected chi connectivity index (χ3v) is 3.51. The van der Waals surface area contributed by atoms with Gasteiger partial charge in [-0.2, -0.15) is 4.99 Å². The second-order valence-electron chi connectivity index (χ2n) is 3.94. The van der Waals surface area contributed by atoms with Crippen molar-refractivity contribution in [2.24, 2.45) is 4.99 Å². The molecule has 0 radical (unpaired) electrons. The van der Waals surface area contributed by atoms with Crippen molar-refractivity contribution in [2.75, 3.05) is 7.11 Å². The fraction of sp³-hybridized carbons (Fsp3) is 0.417. The Morgan fingerprint density at radius 1 is 1.56 bits per heavy atom. The number of nitrogens with zero attached hydrogens (tertiary/aromatic N) is 1. The van der Waals surface area contributed by atoms with Crippen LogP contribution in [0.2, 0.25) is 0 Å². The summed E-state index contributed by atoms with van der Waals surface area (Å²) in [4.78, 5) is 14.4. The van der Waals surface area contributed by atoms with Crippen LogP contribution in [0.3, 0.4) is 0 Å². The van der Waals surface area contributed by atoms with Crippen molar-refractivity contribution in [3.63, 3.8) is 0 Å². The Bertz CT molecular complexity index is 448. The van der Waals surface area contributed by atoms with Crippen molar-refractivity contribution in [1.82, 2.24) is 0 Å². The van der Waals surface area contributed by atoms with Crippen LogP contribution in [0.4, 0.5) is 0 Å². The highest BCUT2D eigenvalue weighted by Gasteiger charge is 2.47. The van der Waals surface area contributed by atoms with Gasteiger partial charge in [0.05, 0.1) is 12.1 Å². The summed E-state index contributed by atoms with van der Waals surface area (Å²) in [7, 11) is 1.66. The Balaban J connectivity index is 2.50. The third-order valence-electron chi connectivity index (χ3n) is 2.85. The lowest BCUT2D eigenvalue weighted by Crippen LogP contribution is -2.08. The average Bonchev–Trinajstić information content (AvgIpc) is 3.00. The molecule has 0 saturated heterocycles. The highest BCUT2D eigenvalue weighted by Crippen LogP contribution is 2.52. The molecule has 84 valence electrons. The average molecular weight is 282 g/mol. The first kappa shape index (κ1) is 11.5. The predicted molar refractivity (Wildman–Crippen MR) is 63.9 cm³/mol. The molecule has 0 spiro atoms. The lowest BCUT2D eigenvalue weighted by atomic mass is 9.99. The summed E-state index contributed by atoms with van der Waals surface area (Å²) in [6, 6.07) is 5.93. The topological polar surface area (TPSA) is 38.7 Å². The zero-order chi connectivity index (χ0) is 11.6. The van der Waals surface area contributed by atoms with Gasteiger partial charge in [0.25, 0.3) is 0 Å². The predicted octanol–water partition coefficient (Wildman–Crippen LogP) is 2.92. The van der Waals surface area contributed by atoms with E-state index in [0.717, 1.165) is 28.4 Å². The summed E-state index contributed by atoms with van der Waals surface area (Å²) in [6.07, 6.45) is 3.49. The molecule has 1 saturated carbocycles. The van der Waals surface area contributed by atoms with Gasteiger partial charge in [-0.05, 0) is 24.5 Å². The summed E-state index contributed by atoms with van der Waals surface area (Å²) in [5, 5.41) is 0. The minimum absolute atomic E-state index is 0.351. The molecule has 16 heavy (non-hydrogen) atoms. The molecule has 1 aliphatic carbocycles. The molecule has 4 heteroatoms. The van der Waals surface area contributed by atoms with Gasteiger partial charge in [-0.1, -0.05) is 28.1 Å². The van der Waals surface area contributed by atoms with E-state index in [1.807, 2.05) is 18.2 Å². The van der Waals surface area contributed by atoms with E-state index in [2.05, 4.69) is 20.9 Å². The van der Waals surface area contributed by atoms with Gasteiger partial charge < -0.3 is 4.74 Å². The van der Waals surface area contributed by atoms with E-state index in [1.54, 1.807) is 13.2 Å². The van der Waals surface area contributed by atoms with E-state index in [4.69, 9.17) is 4.74 Å². The molecule has 1 aliphatic rings. The lowest BCUT2D eigenvalue weighted by molar-refractivity contribution is 0.183. The SMILES string of the molecule is COCc1cccc(Br)c1C1(N=C=O)CC1. The Hall–Kier alpha value is -0.960. The summed E-state index contributed by atoms with van der Waals surface area (Å²) < 4.78 is 6.15. The second-order valence-corrected chi connectivity index (χ2v) is 4.80. The first-order chi connectivity index (χ1) is 7.73. The molecule has 0 atom stereocenters. The monoisotopic (exact) mass is 281 g/mol. The molecule has 0 amide bonds. The highest BCUT2D eigenvalue weighted by atomic mass is 79.9. The van der Waals surface area contributed by atoms with E-state index < -0.39 is 0 Å². The quantitative estimate of drug-likeness (QED) is 0.629. The number of ether oxygens (including phenoxy) is 1. The summed E-state index contributed by atoms with van der Waals surface area (Å²) in [5.41, 5.74) is 1.80. The van der Waals surface area contributed by atoms with Crippen LogP contribution < -0.4 is 0 Å². The van der Waals surface area contributed by atoms with Crippen molar-refractivity contribution >= 4 is 22.0 Å². The summed E-state index contributed by atoms with van der Waals surface area (Å²) in [5.74, 6) is 0. The number of isocyanates is 1. The molecule has 1 aromatic rings. The molecule has 1 aromatic carbocycles. The van der Waals surface area contributed by atoms with Crippen molar-refractivity contribution in [2.45, 2.75) is 25.0 Å². The van der Waals surface area contributed by atoms with Crippen LogP contribution in [0.15, 0.2) is 27.7 Å². The minimum Gasteiger partial charge on any atom is -0.380 e. The van der Waals surface area contributed by atoms with Crippen molar-refractivity contribution in [3.8, 4) is 0 Å². The molecule has 0 bridgehead atoms. The molecule has 0 aromatic heterocycles.